The Morgan fingerprint density at radius 3 is 1.87 bits per heavy atom. The molecule has 0 saturated heterocycles. The van der Waals surface area contributed by atoms with Crippen molar-refractivity contribution >= 4 is 43.6 Å². The highest BCUT2D eigenvalue weighted by molar-refractivity contribution is 6.22. The second-order valence-corrected chi connectivity index (χ2v) is 7.50. The zero-order valence-electron chi connectivity index (χ0n) is 16.0. The van der Waals surface area contributed by atoms with Crippen molar-refractivity contribution in [2.24, 2.45) is 0 Å². The normalized spacial score (nSPS) is 11.9. The first-order chi connectivity index (χ1) is 15.0. The third-order valence-corrected chi connectivity index (χ3v) is 5.88. The molecular formula is C24H16N2O5. The molecule has 0 amide bonds. The molecule has 0 saturated carbocycles. The van der Waals surface area contributed by atoms with Crippen LogP contribution in [-0.4, -0.2) is 35.1 Å². The summed E-state index contributed by atoms with van der Waals surface area (Å²) in [5.41, 5.74) is 2.74. The minimum Gasteiger partial charge on any atom is -0.503 e. The number of phenolic OH excluding ortho intramolecular Hbond substituents is 5. The Labute approximate surface area is 174 Å². The van der Waals surface area contributed by atoms with Crippen molar-refractivity contribution in [1.82, 2.24) is 9.55 Å². The molecule has 0 atom stereocenters. The van der Waals surface area contributed by atoms with Gasteiger partial charge in [-0.1, -0.05) is 48.5 Å². The molecule has 2 aromatic heterocycles. The number of nitrogens with one attached hydrogen (secondary N) is 1. The number of nitrogens with zero attached hydrogens (tertiary/aromatic N) is 1. The van der Waals surface area contributed by atoms with Gasteiger partial charge in [-0.05, 0) is 12.1 Å². The van der Waals surface area contributed by atoms with E-state index < -0.39 is 28.7 Å². The van der Waals surface area contributed by atoms with Crippen LogP contribution in [0.3, 0.4) is 0 Å². The molecule has 6 aromatic rings. The summed E-state index contributed by atoms with van der Waals surface area (Å²) in [5, 5.41) is 55.2. The van der Waals surface area contributed by atoms with Gasteiger partial charge in [0.1, 0.15) is 5.69 Å². The van der Waals surface area contributed by atoms with E-state index in [2.05, 4.69) is 4.98 Å². The van der Waals surface area contributed by atoms with Gasteiger partial charge in [-0.3, -0.25) is 0 Å². The fraction of sp³-hybridized carbons (Fsp3) is 0. The zero-order chi connectivity index (χ0) is 21.4. The van der Waals surface area contributed by atoms with Crippen LogP contribution in [0.2, 0.25) is 0 Å². The zero-order valence-corrected chi connectivity index (χ0v) is 16.0. The number of hydrogen-bond acceptors (Lipinski definition) is 5. The number of aromatic amines is 1. The summed E-state index contributed by atoms with van der Waals surface area (Å²) in [7, 11) is 0. The van der Waals surface area contributed by atoms with Crippen molar-refractivity contribution in [3.63, 3.8) is 0 Å². The van der Waals surface area contributed by atoms with Gasteiger partial charge in [-0.2, -0.15) is 0 Å². The number of H-pyrrole nitrogens is 1. The third kappa shape index (κ3) is 2.06. The maximum Gasteiger partial charge on any atom is 0.208 e. The molecule has 0 fully saturated rings. The summed E-state index contributed by atoms with van der Waals surface area (Å²) in [5.74, 6) is -4.32. The van der Waals surface area contributed by atoms with E-state index in [-0.39, 0.29) is 5.69 Å². The Morgan fingerprint density at radius 2 is 1.13 bits per heavy atom. The monoisotopic (exact) mass is 412 g/mol. The first-order valence-corrected chi connectivity index (χ1v) is 9.60. The van der Waals surface area contributed by atoms with E-state index >= 15 is 0 Å². The molecule has 0 unspecified atom stereocenters. The lowest BCUT2D eigenvalue weighted by atomic mass is 10.1. The number of phenols is 5. The third-order valence-electron chi connectivity index (χ3n) is 5.88. The van der Waals surface area contributed by atoms with Gasteiger partial charge >= 0.3 is 0 Å². The van der Waals surface area contributed by atoms with Crippen LogP contribution in [0.15, 0.2) is 60.7 Å². The fourth-order valence-electron chi connectivity index (χ4n) is 4.49. The van der Waals surface area contributed by atoms with E-state index in [4.69, 9.17) is 0 Å². The average molecular weight is 412 g/mol. The van der Waals surface area contributed by atoms with E-state index in [1.165, 1.54) is 0 Å². The number of hydrogen-bond donors (Lipinski definition) is 6. The van der Waals surface area contributed by atoms with Crippen LogP contribution in [0.25, 0.3) is 49.3 Å². The number of fused-ring (bicyclic) bond motifs is 7. The maximum atomic E-state index is 10.7. The van der Waals surface area contributed by atoms with Gasteiger partial charge in [0.15, 0.2) is 11.5 Å². The summed E-state index contributed by atoms with van der Waals surface area (Å²) in [6.45, 7) is 0. The second-order valence-electron chi connectivity index (χ2n) is 7.50. The number of aromatic hydroxyl groups is 5. The SMILES string of the molecule is Oc1c(O)c(O)c(-n2c3ccccc3c3ccc4c5ccccc5[nH]c4c32)c(O)c1O. The van der Waals surface area contributed by atoms with Crippen molar-refractivity contribution in [2.75, 3.05) is 0 Å². The van der Waals surface area contributed by atoms with Gasteiger partial charge in [0.05, 0.1) is 16.6 Å². The molecule has 0 spiro atoms. The molecule has 7 nitrogen and oxygen atoms in total. The first-order valence-electron chi connectivity index (χ1n) is 9.60. The van der Waals surface area contributed by atoms with Crippen molar-refractivity contribution in [2.45, 2.75) is 0 Å². The quantitative estimate of drug-likeness (QED) is 0.169. The molecule has 0 radical (unpaired) electrons. The molecule has 6 rings (SSSR count). The summed E-state index contributed by atoms with van der Waals surface area (Å²) in [6.07, 6.45) is 0. The van der Waals surface area contributed by atoms with Gasteiger partial charge in [0, 0.05) is 27.1 Å². The maximum absolute atomic E-state index is 10.7. The summed E-state index contributed by atoms with van der Waals surface area (Å²) in [6, 6.07) is 19.2. The van der Waals surface area contributed by atoms with Gasteiger partial charge in [-0.25, -0.2) is 0 Å². The molecule has 31 heavy (non-hydrogen) atoms. The van der Waals surface area contributed by atoms with Crippen LogP contribution in [0.5, 0.6) is 28.7 Å². The molecular weight excluding hydrogens is 396 g/mol. The molecule has 0 aliphatic carbocycles. The van der Waals surface area contributed by atoms with Gasteiger partial charge in [-0.15, -0.1) is 0 Å². The minimum atomic E-state index is -0.990. The van der Waals surface area contributed by atoms with E-state index in [0.717, 1.165) is 32.6 Å². The highest BCUT2D eigenvalue weighted by Crippen LogP contribution is 2.54. The lowest BCUT2D eigenvalue weighted by molar-refractivity contribution is 0.327. The van der Waals surface area contributed by atoms with Crippen LogP contribution in [0, 0.1) is 0 Å². The van der Waals surface area contributed by atoms with Crippen LogP contribution in [-0.2, 0) is 0 Å². The molecule has 0 aliphatic heterocycles. The van der Waals surface area contributed by atoms with Gasteiger partial charge in [0.25, 0.3) is 0 Å². The van der Waals surface area contributed by atoms with Gasteiger partial charge in [0.2, 0.25) is 17.2 Å². The van der Waals surface area contributed by atoms with Crippen LogP contribution in [0.1, 0.15) is 0 Å². The van der Waals surface area contributed by atoms with E-state index in [0.29, 0.717) is 11.0 Å². The van der Waals surface area contributed by atoms with Crippen LogP contribution in [0.4, 0.5) is 0 Å². The fourth-order valence-corrected chi connectivity index (χ4v) is 4.49. The van der Waals surface area contributed by atoms with Crippen molar-refractivity contribution < 1.29 is 25.5 Å². The minimum absolute atomic E-state index is 0.231. The number of para-hydroxylation sites is 2. The Hall–Kier alpha value is -4.52. The molecule has 2 heterocycles. The van der Waals surface area contributed by atoms with Crippen molar-refractivity contribution in [3.05, 3.63) is 60.7 Å². The Bertz CT molecular complexity index is 1660. The van der Waals surface area contributed by atoms with Crippen LogP contribution >= 0.6 is 0 Å². The summed E-state index contributed by atoms with van der Waals surface area (Å²) < 4.78 is 1.58. The molecule has 0 aliphatic rings. The van der Waals surface area contributed by atoms with Gasteiger partial charge < -0.3 is 35.1 Å². The topological polar surface area (TPSA) is 122 Å². The lowest BCUT2D eigenvalue weighted by Crippen LogP contribution is -1.97. The smallest absolute Gasteiger partial charge is 0.208 e. The Morgan fingerprint density at radius 1 is 0.548 bits per heavy atom. The van der Waals surface area contributed by atoms with E-state index in [1.54, 1.807) is 4.57 Å². The van der Waals surface area contributed by atoms with Crippen LogP contribution < -0.4 is 0 Å². The van der Waals surface area contributed by atoms with E-state index in [9.17, 15) is 25.5 Å². The van der Waals surface area contributed by atoms with Crippen molar-refractivity contribution in [3.8, 4) is 34.4 Å². The Balaban J connectivity index is 1.92. The number of benzene rings is 4. The highest BCUT2D eigenvalue weighted by Gasteiger charge is 2.28. The van der Waals surface area contributed by atoms with E-state index in [1.807, 2.05) is 60.7 Å². The predicted molar refractivity (Wildman–Crippen MR) is 118 cm³/mol. The summed E-state index contributed by atoms with van der Waals surface area (Å²) in [4.78, 5) is 3.41. The first kappa shape index (κ1) is 17.3. The highest BCUT2D eigenvalue weighted by atomic mass is 16.4. The average Bonchev–Trinajstić information content (AvgIpc) is 3.33. The molecule has 152 valence electrons. The number of aromatic nitrogens is 2. The number of rotatable bonds is 1. The summed E-state index contributed by atoms with van der Waals surface area (Å²) >= 11 is 0. The molecule has 0 bridgehead atoms. The Kier molecular flexibility index (Phi) is 3.22. The molecule has 7 heteroatoms. The molecule has 6 N–H and O–H groups in total. The molecule has 4 aromatic carbocycles. The lowest BCUT2D eigenvalue weighted by Gasteiger charge is -2.15. The second kappa shape index (κ2) is 5.76. The largest absolute Gasteiger partial charge is 0.503 e. The standard InChI is InChI=1S/C24H16N2O5/c27-20-19(21(28)23(30)24(31)22(20)29)26-16-8-4-2-6-12(16)14-10-9-13-11-5-1-3-7-15(11)25-17(13)18(14)26/h1-10,25,27-31H. The van der Waals surface area contributed by atoms with Crippen molar-refractivity contribution in [1.29, 1.82) is 0 Å². The predicted octanol–water partition coefficient (Wildman–Crippen LogP) is 4.95.